The molecule has 1 amide bonds. The van der Waals surface area contributed by atoms with Gasteiger partial charge in [-0.15, -0.1) is 0 Å². The number of hydrogen-bond donors (Lipinski definition) is 2. The molecule has 2 N–H and O–H groups in total. The summed E-state index contributed by atoms with van der Waals surface area (Å²) < 4.78 is 39.2. The molecule has 0 aliphatic carbocycles. The number of pyridine rings is 1. The second kappa shape index (κ2) is 8.41. The first-order valence-corrected chi connectivity index (χ1v) is 10.1. The quantitative estimate of drug-likeness (QED) is 0.558. The van der Waals surface area contributed by atoms with Crippen LogP contribution >= 0.6 is 0 Å². The van der Waals surface area contributed by atoms with Gasteiger partial charge >= 0.3 is 6.18 Å². The Kier molecular flexibility index (Phi) is 5.67. The van der Waals surface area contributed by atoms with E-state index in [9.17, 15) is 18.0 Å². The van der Waals surface area contributed by atoms with Crippen molar-refractivity contribution >= 4 is 17.4 Å². The van der Waals surface area contributed by atoms with E-state index in [0.717, 1.165) is 41.5 Å². The number of amides is 1. The van der Waals surface area contributed by atoms with Gasteiger partial charge in [0.25, 0.3) is 0 Å². The Bertz CT molecular complexity index is 1130. The van der Waals surface area contributed by atoms with Crippen molar-refractivity contribution in [1.82, 2.24) is 4.98 Å². The average molecular weight is 425 g/mol. The number of aromatic nitrogens is 1. The molecule has 0 unspecified atom stereocenters. The molecule has 3 aromatic rings. The zero-order chi connectivity index (χ0) is 22.0. The Morgan fingerprint density at radius 2 is 1.97 bits per heavy atom. The number of anilines is 2. The summed E-state index contributed by atoms with van der Waals surface area (Å²) >= 11 is 0. The summed E-state index contributed by atoms with van der Waals surface area (Å²) in [6.45, 7) is 2.29. The van der Waals surface area contributed by atoms with Gasteiger partial charge in [0.2, 0.25) is 5.91 Å². The molecule has 0 saturated heterocycles. The lowest BCUT2D eigenvalue weighted by Gasteiger charge is -2.13. The molecule has 0 spiro atoms. The minimum absolute atomic E-state index is 0.124. The fourth-order valence-electron chi connectivity index (χ4n) is 3.73. The predicted molar refractivity (Wildman–Crippen MR) is 115 cm³/mol. The molecule has 0 fully saturated rings. The summed E-state index contributed by atoms with van der Waals surface area (Å²) in [5.41, 5.74) is 3.75. The van der Waals surface area contributed by atoms with Crippen LogP contribution in [0.3, 0.4) is 0 Å². The molecule has 4 rings (SSSR count). The van der Waals surface area contributed by atoms with Crippen LogP contribution in [-0.4, -0.2) is 17.4 Å². The number of benzene rings is 2. The molecule has 0 saturated carbocycles. The highest BCUT2D eigenvalue weighted by molar-refractivity contribution is 5.91. The topological polar surface area (TPSA) is 54.0 Å². The van der Waals surface area contributed by atoms with Gasteiger partial charge < -0.3 is 10.6 Å². The van der Waals surface area contributed by atoms with Gasteiger partial charge in [-0.1, -0.05) is 30.3 Å². The normalized spacial score (nSPS) is 12.9. The van der Waals surface area contributed by atoms with Gasteiger partial charge in [0.15, 0.2) is 0 Å². The summed E-state index contributed by atoms with van der Waals surface area (Å²) in [4.78, 5) is 16.8. The van der Waals surface area contributed by atoms with Crippen LogP contribution in [0.2, 0.25) is 0 Å². The highest BCUT2D eigenvalue weighted by atomic mass is 19.4. The van der Waals surface area contributed by atoms with E-state index in [-0.39, 0.29) is 23.6 Å². The van der Waals surface area contributed by atoms with E-state index in [0.29, 0.717) is 6.42 Å². The number of carbonyl (C=O) groups excluding carboxylic acids is 1. The molecule has 2 heterocycles. The van der Waals surface area contributed by atoms with Crippen molar-refractivity contribution in [3.8, 4) is 11.1 Å². The monoisotopic (exact) mass is 425 g/mol. The number of halogens is 3. The molecule has 1 aromatic heterocycles. The van der Waals surface area contributed by atoms with Crippen LogP contribution in [0, 0.1) is 6.92 Å². The zero-order valence-corrected chi connectivity index (χ0v) is 17.0. The minimum atomic E-state index is -4.45. The SMILES string of the molecule is Cc1ccc(NC(=O)CCc2cccc(-c3cnc4c(c3)CCN4)c2)cc1C(F)(F)F. The summed E-state index contributed by atoms with van der Waals surface area (Å²) in [6, 6.07) is 13.8. The molecule has 1 aliphatic heterocycles. The molecule has 31 heavy (non-hydrogen) atoms. The Hall–Kier alpha value is -3.35. The maximum Gasteiger partial charge on any atom is 0.416 e. The van der Waals surface area contributed by atoms with Crippen molar-refractivity contribution in [3.63, 3.8) is 0 Å². The van der Waals surface area contributed by atoms with Crippen molar-refractivity contribution in [2.24, 2.45) is 0 Å². The number of rotatable bonds is 5. The maximum atomic E-state index is 13.1. The van der Waals surface area contributed by atoms with Gasteiger partial charge in [0.05, 0.1) is 5.56 Å². The van der Waals surface area contributed by atoms with Crippen LogP contribution in [0.1, 0.15) is 28.7 Å². The molecule has 0 bridgehead atoms. The second-order valence-electron chi connectivity index (χ2n) is 7.68. The smallest absolute Gasteiger partial charge is 0.370 e. The first-order valence-electron chi connectivity index (χ1n) is 10.1. The van der Waals surface area contributed by atoms with E-state index >= 15 is 0 Å². The molecule has 0 atom stereocenters. The number of aryl methyl sites for hydroxylation is 2. The Labute approximate surface area is 178 Å². The lowest BCUT2D eigenvalue weighted by Crippen LogP contribution is -2.14. The highest BCUT2D eigenvalue weighted by Gasteiger charge is 2.32. The number of fused-ring (bicyclic) bond motifs is 1. The third-order valence-electron chi connectivity index (χ3n) is 5.38. The van der Waals surface area contributed by atoms with Crippen LogP contribution in [0.15, 0.2) is 54.7 Å². The standard InChI is InChI=1S/C24H22F3N3O/c1-15-5-7-20(13-21(15)24(25,26)27)30-22(31)8-6-16-3-2-4-17(11-16)19-12-18-9-10-28-23(18)29-14-19/h2-5,7,11-14H,6,8-10H2,1H3,(H,28,29)(H,30,31). The first kappa shape index (κ1) is 20.9. The number of alkyl halides is 3. The fraction of sp³-hybridized carbons (Fsp3) is 0.250. The van der Waals surface area contributed by atoms with E-state index in [1.807, 2.05) is 30.5 Å². The molecule has 7 heteroatoms. The van der Waals surface area contributed by atoms with Crippen LogP contribution in [-0.2, 0) is 23.8 Å². The maximum absolute atomic E-state index is 13.1. The molecular formula is C24H22F3N3O. The molecular weight excluding hydrogens is 403 g/mol. The van der Waals surface area contributed by atoms with Gasteiger partial charge in [0, 0.05) is 30.4 Å². The number of carbonyl (C=O) groups is 1. The number of nitrogens with zero attached hydrogens (tertiary/aromatic N) is 1. The third-order valence-corrected chi connectivity index (χ3v) is 5.38. The number of nitrogens with one attached hydrogen (secondary N) is 2. The summed E-state index contributed by atoms with van der Waals surface area (Å²) in [6.07, 6.45) is -1.01. The van der Waals surface area contributed by atoms with E-state index in [2.05, 4.69) is 21.7 Å². The minimum Gasteiger partial charge on any atom is -0.370 e. The van der Waals surface area contributed by atoms with Gasteiger partial charge in [-0.3, -0.25) is 4.79 Å². The summed E-state index contributed by atoms with van der Waals surface area (Å²) in [5, 5.41) is 5.81. The number of hydrogen-bond acceptors (Lipinski definition) is 3. The first-order chi connectivity index (χ1) is 14.8. The van der Waals surface area contributed by atoms with Crippen molar-refractivity contribution < 1.29 is 18.0 Å². The van der Waals surface area contributed by atoms with Crippen LogP contribution in [0.5, 0.6) is 0 Å². The lowest BCUT2D eigenvalue weighted by atomic mass is 10.0. The van der Waals surface area contributed by atoms with E-state index in [1.54, 1.807) is 0 Å². The highest BCUT2D eigenvalue weighted by Crippen LogP contribution is 2.33. The molecule has 4 nitrogen and oxygen atoms in total. The van der Waals surface area contributed by atoms with Gasteiger partial charge in [-0.25, -0.2) is 4.98 Å². The Morgan fingerprint density at radius 3 is 2.77 bits per heavy atom. The largest absolute Gasteiger partial charge is 0.416 e. The zero-order valence-electron chi connectivity index (χ0n) is 17.0. The summed E-state index contributed by atoms with van der Waals surface area (Å²) in [5.74, 6) is 0.606. The predicted octanol–water partition coefficient (Wildman–Crippen LogP) is 5.62. The molecule has 160 valence electrons. The van der Waals surface area contributed by atoms with Gasteiger partial charge in [0.1, 0.15) is 5.82 Å². The third kappa shape index (κ3) is 4.87. The van der Waals surface area contributed by atoms with E-state index < -0.39 is 11.7 Å². The molecule has 1 aliphatic rings. The van der Waals surface area contributed by atoms with E-state index in [1.165, 1.54) is 24.6 Å². The van der Waals surface area contributed by atoms with Crippen LogP contribution < -0.4 is 10.6 Å². The van der Waals surface area contributed by atoms with Gasteiger partial charge in [-0.05, 0) is 60.2 Å². The van der Waals surface area contributed by atoms with Crippen LogP contribution in [0.25, 0.3) is 11.1 Å². The second-order valence-corrected chi connectivity index (χ2v) is 7.68. The van der Waals surface area contributed by atoms with Crippen molar-refractivity contribution in [2.75, 3.05) is 17.2 Å². The Morgan fingerprint density at radius 1 is 1.13 bits per heavy atom. The van der Waals surface area contributed by atoms with Crippen LogP contribution in [0.4, 0.5) is 24.7 Å². The van der Waals surface area contributed by atoms with Gasteiger partial charge in [-0.2, -0.15) is 13.2 Å². The van der Waals surface area contributed by atoms with Crippen molar-refractivity contribution in [1.29, 1.82) is 0 Å². The lowest BCUT2D eigenvalue weighted by molar-refractivity contribution is -0.138. The fourth-order valence-corrected chi connectivity index (χ4v) is 3.73. The average Bonchev–Trinajstić information content (AvgIpc) is 3.21. The molecule has 2 aromatic carbocycles. The Balaban J connectivity index is 1.41. The summed E-state index contributed by atoms with van der Waals surface area (Å²) in [7, 11) is 0. The van der Waals surface area contributed by atoms with E-state index in [4.69, 9.17) is 0 Å². The van der Waals surface area contributed by atoms with Crippen molar-refractivity contribution in [2.45, 2.75) is 32.4 Å². The van der Waals surface area contributed by atoms with Crippen molar-refractivity contribution in [3.05, 3.63) is 77.0 Å². The molecule has 0 radical (unpaired) electrons.